The van der Waals surface area contributed by atoms with Crippen LogP contribution in [0.5, 0.6) is 0 Å². The zero-order valence-electron chi connectivity index (χ0n) is 11.6. The maximum Gasteiger partial charge on any atom is 0.123 e. The van der Waals surface area contributed by atoms with E-state index in [9.17, 15) is 4.39 Å². The third-order valence-electron chi connectivity index (χ3n) is 3.17. The Morgan fingerprint density at radius 3 is 2.48 bits per heavy atom. The largest absolute Gasteiger partial charge is 0.379 e. The van der Waals surface area contributed by atoms with Crippen LogP contribution in [0.15, 0.2) is 53.9 Å². The highest BCUT2D eigenvalue weighted by atomic mass is 32.1. The number of anilines is 1. The van der Waals surface area contributed by atoms with Gasteiger partial charge in [-0.05, 0) is 43.3 Å². The Bertz CT molecular complexity index is 717. The van der Waals surface area contributed by atoms with Crippen molar-refractivity contribution in [2.24, 2.45) is 0 Å². The van der Waals surface area contributed by atoms with Crippen LogP contribution in [0.3, 0.4) is 0 Å². The molecule has 0 atom stereocenters. The van der Waals surface area contributed by atoms with E-state index in [0.717, 1.165) is 22.0 Å². The van der Waals surface area contributed by atoms with Crippen molar-refractivity contribution < 1.29 is 4.39 Å². The minimum absolute atomic E-state index is 0.225. The molecule has 106 valence electrons. The van der Waals surface area contributed by atoms with Crippen LogP contribution in [0.25, 0.3) is 10.6 Å². The first kappa shape index (κ1) is 13.8. The molecule has 1 aromatic heterocycles. The summed E-state index contributed by atoms with van der Waals surface area (Å²) in [5, 5.41) is 6.29. The van der Waals surface area contributed by atoms with E-state index >= 15 is 0 Å². The van der Waals surface area contributed by atoms with Gasteiger partial charge in [0.25, 0.3) is 0 Å². The van der Waals surface area contributed by atoms with Crippen LogP contribution in [0.1, 0.15) is 11.3 Å². The molecule has 0 amide bonds. The molecule has 0 aliphatic heterocycles. The lowest BCUT2D eigenvalue weighted by molar-refractivity contribution is 0.628. The molecule has 4 heteroatoms. The van der Waals surface area contributed by atoms with Gasteiger partial charge in [-0.1, -0.05) is 17.7 Å². The Kier molecular flexibility index (Phi) is 3.97. The highest BCUT2D eigenvalue weighted by Crippen LogP contribution is 2.24. The molecule has 3 aromatic rings. The maximum absolute atomic E-state index is 12.9. The van der Waals surface area contributed by atoms with Crippen molar-refractivity contribution in [2.45, 2.75) is 13.5 Å². The lowest BCUT2D eigenvalue weighted by Crippen LogP contribution is -1.99. The minimum Gasteiger partial charge on any atom is -0.379 e. The van der Waals surface area contributed by atoms with Crippen molar-refractivity contribution in [2.75, 3.05) is 5.32 Å². The number of aryl methyl sites for hydroxylation is 1. The first-order valence-corrected chi connectivity index (χ1v) is 7.59. The highest BCUT2D eigenvalue weighted by molar-refractivity contribution is 7.13. The van der Waals surface area contributed by atoms with Gasteiger partial charge in [-0.3, -0.25) is 0 Å². The number of thiazole rings is 1. The number of hydrogen-bond acceptors (Lipinski definition) is 3. The average Bonchev–Trinajstić information content (AvgIpc) is 2.96. The summed E-state index contributed by atoms with van der Waals surface area (Å²) in [6.07, 6.45) is 0. The number of nitrogens with zero attached hydrogens (tertiary/aromatic N) is 1. The van der Waals surface area contributed by atoms with E-state index in [0.29, 0.717) is 6.54 Å². The SMILES string of the molecule is Cc1ccc(NCc2csc(-c3ccc(F)cc3)n2)cc1. The van der Waals surface area contributed by atoms with Gasteiger partial charge >= 0.3 is 0 Å². The number of benzene rings is 2. The summed E-state index contributed by atoms with van der Waals surface area (Å²) in [5.74, 6) is -0.225. The van der Waals surface area contributed by atoms with Crippen molar-refractivity contribution in [3.05, 3.63) is 71.0 Å². The van der Waals surface area contributed by atoms with Crippen LogP contribution in [0.2, 0.25) is 0 Å². The first-order chi connectivity index (χ1) is 10.2. The standard InChI is InChI=1S/C17H15FN2S/c1-12-2-8-15(9-3-12)19-10-16-11-21-17(20-16)13-4-6-14(18)7-5-13/h2-9,11,19H,10H2,1H3. The van der Waals surface area contributed by atoms with Crippen LogP contribution in [0, 0.1) is 12.7 Å². The molecule has 21 heavy (non-hydrogen) atoms. The third kappa shape index (κ3) is 3.47. The Hall–Kier alpha value is -2.20. The topological polar surface area (TPSA) is 24.9 Å². The highest BCUT2D eigenvalue weighted by Gasteiger charge is 2.05. The molecule has 2 aromatic carbocycles. The molecule has 0 bridgehead atoms. The molecule has 0 saturated heterocycles. The van der Waals surface area contributed by atoms with Gasteiger partial charge in [0.1, 0.15) is 10.8 Å². The first-order valence-electron chi connectivity index (χ1n) is 6.71. The molecule has 0 unspecified atom stereocenters. The van der Waals surface area contributed by atoms with E-state index in [-0.39, 0.29) is 5.82 Å². The Morgan fingerprint density at radius 2 is 1.76 bits per heavy atom. The summed E-state index contributed by atoms with van der Waals surface area (Å²) >= 11 is 1.57. The molecular weight excluding hydrogens is 283 g/mol. The summed E-state index contributed by atoms with van der Waals surface area (Å²) < 4.78 is 12.9. The summed E-state index contributed by atoms with van der Waals surface area (Å²) in [5.41, 5.74) is 4.26. The second-order valence-electron chi connectivity index (χ2n) is 4.87. The van der Waals surface area contributed by atoms with Gasteiger partial charge in [0.15, 0.2) is 0 Å². The fraction of sp³-hybridized carbons (Fsp3) is 0.118. The smallest absolute Gasteiger partial charge is 0.123 e. The number of hydrogen-bond donors (Lipinski definition) is 1. The van der Waals surface area contributed by atoms with E-state index in [1.165, 1.54) is 17.7 Å². The quantitative estimate of drug-likeness (QED) is 0.743. The summed E-state index contributed by atoms with van der Waals surface area (Å²) in [6.45, 7) is 2.75. The van der Waals surface area contributed by atoms with Crippen LogP contribution >= 0.6 is 11.3 Å². The van der Waals surface area contributed by atoms with Crippen LogP contribution in [-0.2, 0) is 6.54 Å². The maximum atomic E-state index is 12.9. The molecule has 1 heterocycles. The summed E-state index contributed by atoms with van der Waals surface area (Å²) in [4.78, 5) is 4.58. The number of aromatic nitrogens is 1. The Labute approximate surface area is 127 Å². The van der Waals surface area contributed by atoms with Crippen molar-refractivity contribution >= 4 is 17.0 Å². The summed E-state index contributed by atoms with van der Waals surface area (Å²) in [7, 11) is 0. The van der Waals surface area contributed by atoms with Gasteiger partial charge in [-0.15, -0.1) is 11.3 Å². The van der Waals surface area contributed by atoms with E-state index < -0.39 is 0 Å². The van der Waals surface area contributed by atoms with Gasteiger partial charge in [0.05, 0.1) is 12.2 Å². The number of rotatable bonds is 4. The second-order valence-corrected chi connectivity index (χ2v) is 5.73. The molecule has 0 saturated carbocycles. The van der Waals surface area contributed by atoms with Crippen molar-refractivity contribution in [3.63, 3.8) is 0 Å². The van der Waals surface area contributed by atoms with Crippen molar-refractivity contribution in [3.8, 4) is 10.6 Å². The monoisotopic (exact) mass is 298 g/mol. The lowest BCUT2D eigenvalue weighted by atomic mass is 10.2. The van der Waals surface area contributed by atoms with Crippen LogP contribution < -0.4 is 5.32 Å². The molecule has 0 aliphatic carbocycles. The normalized spacial score (nSPS) is 10.6. The third-order valence-corrected chi connectivity index (χ3v) is 4.11. The predicted octanol–water partition coefficient (Wildman–Crippen LogP) is 4.87. The molecular formula is C17H15FN2S. The van der Waals surface area contributed by atoms with Crippen molar-refractivity contribution in [1.82, 2.24) is 4.98 Å². The fourth-order valence-corrected chi connectivity index (χ4v) is 2.80. The summed E-state index contributed by atoms with van der Waals surface area (Å²) in [6, 6.07) is 14.7. The van der Waals surface area contributed by atoms with E-state index in [2.05, 4.69) is 41.5 Å². The fourth-order valence-electron chi connectivity index (χ4n) is 1.98. The van der Waals surface area contributed by atoms with Gasteiger partial charge < -0.3 is 5.32 Å². The Balaban J connectivity index is 1.67. The van der Waals surface area contributed by atoms with E-state index in [1.54, 1.807) is 23.5 Å². The van der Waals surface area contributed by atoms with Gasteiger partial charge in [0, 0.05) is 16.6 Å². The van der Waals surface area contributed by atoms with Gasteiger partial charge in [-0.2, -0.15) is 0 Å². The number of halogens is 1. The van der Waals surface area contributed by atoms with Crippen molar-refractivity contribution in [1.29, 1.82) is 0 Å². The van der Waals surface area contributed by atoms with Crippen LogP contribution in [0.4, 0.5) is 10.1 Å². The molecule has 3 rings (SSSR count). The zero-order chi connectivity index (χ0) is 14.7. The van der Waals surface area contributed by atoms with Gasteiger partial charge in [0.2, 0.25) is 0 Å². The minimum atomic E-state index is -0.225. The molecule has 1 N–H and O–H groups in total. The Morgan fingerprint density at radius 1 is 1.05 bits per heavy atom. The molecule has 2 nitrogen and oxygen atoms in total. The van der Waals surface area contributed by atoms with E-state index in [1.807, 2.05) is 5.38 Å². The predicted molar refractivity (Wildman–Crippen MR) is 86.0 cm³/mol. The van der Waals surface area contributed by atoms with Gasteiger partial charge in [-0.25, -0.2) is 9.37 Å². The molecule has 0 fully saturated rings. The molecule has 0 radical (unpaired) electrons. The van der Waals surface area contributed by atoms with Crippen LogP contribution in [-0.4, -0.2) is 4.98 Å². The number of nitrogens with one attached hydrogen (secondary N) is 1. The molecule has 0 spiro atoms. The lowest BCUT2D eigenvalue weighted by Gasteiger charge is -2.04. The average molecular weight is 298 g/mol. The molecule has 0 aliphatic rings. The van der Waals surface area contributed by atoms with E-state index in [4.69, 9.17) is 0 Å². The zero-order valence-corrected chi connectivity index (χ0v) is 12.5. The second kappa shape index (κ2) is 6.06.